The summed E-state index contributed by atoms with van der Waals surface area (Å²) in [6.45, 7) is 8.86. The van der Waals surface area contributed by atoms with Gasteiger partial charge >= 0.3 is 7.12 Å². The normalized spacial score (nSPS) is 23.5. The minimum atomic E-state index is -0.392. The van der Waals surface area contributed by atoms with Gasteiger partial charge in [-0.2, -0.15) is 0 Å². The molecule has 6 heteroatoms. The second-order valence-corrected chi connectivity index (χ2v) is 7.74. The van der Waals surface area contributed by atoms with Gasteiger partial charge in [0, 0.05) is 23.5 Å². The molecule has 1 fully saturated rings. The Morgan fingerprint density at radius 3 is 2.35 bits per heavy atom. The molecule has 1 atom stereocenters. The van der Waals surface area contributed by atoms with Crippen LogP contribution in [0.2, 0.25) is 0 Å². The summed E-state index contributed by atoms with van der Waals surface area (Å²) in [5.41, 5.74) is 2.15. The van der Waals surface area contributed by atoms with E-state index in [1.54, 1.807) is 0 Å². The van der Waals surface area contributed by atoms with Crippen LogP contribution in [0.15, 0.2) is 48.8 Å². The zero-order valence-corrected chi connectivity index (χ0v) is 15.6. The van der Waals surface area contributed by atoms with E-state index in [1.165, 1.54) is 0 Å². The van der Waals surface area contributed by atoms with Gasteiger partial charge in [-0.25, -0.2) is 9.97 Å². The fraction of sp³-hybridized carbons (Fsp3) is 0.400. The third-order valence-electron chi connectivity index (χ3n) is 5.35. The molecule has 0 bridgehead atoms. The molecule has 2 aromatic rings. The summed E-state index contributed by atoms with van der Waals surface area (Å²) < 4.78 is 17.9. The maximum Gasteiger partial charge on any atom is 0.494 e. The highest BCUT2D eigenvalue weighted by Gasteiger charge is 2.51. The first-order valence-corrected chi connectivity index (χ1v) is 8.92. The molecule has 0 radical (unpaired) electrons. The van der Waals surface area contributed by atoms with Crippen LogP contribution in [-0.4, -0.2) is 34.9 Å². The number of hydrogen-bond acceptors (Lipinski definition) is 5. The molecule has 26 heavy (non-hydrogen) atoms. The third kappa shape index (κ3) is 3.09. The van der Waals surface area contributed by atoms with Gasteiger partial charge in [-0.05, 0) is 33.2 Å². The van der Waals surface area contributed by atoms with E-state index in [9.17, 15) is 0 Å². The molecular formula is C20H23BN2O3. The Hall–Kier alpha value is -2.02. The lowest BCUT2D eigenvalue weighted by Gasteiger charge is -2.32. The zero-order chi connectivity index (χ0) is 18.4. The summed E-state index contributed by atoms with van der Waals surface area (Å²) in [4.78, 5) is 9.02. The maximum absolute atomic E-state index is 6.14. The smallest absolute Gasteiger partial charge is 0.399 e. The maximum atomic E-state index is 6.14. The highest BCUT2D eigenvalue weighted by molar-refractivity contribution is 6.62. The lowest BCUT2D eigenvalue weighted by Crippen LogP contribution is -2.41. The molecular weight excluding hydrogens is 327 g/mol. The molecule has 0 spiro atoms. The van der Waals surface area contributed by atoms with Crippen molar-refractivity contribution < 1.29 is 14.0 Å². The summed E-state index contributed by atoms with van der Waals surface area (Å²) >= 11 is 0. The first-order valence-electron chi connectivity index (χ1n) is 8.92. The molecule has 134 valence electrons. The monoisotopic (exact) mass is 350 g/mol. The molecule has 0 aliphatic carbocycles. The SMILES string of the molecule is CC1(C)OB(c2cccc(-c3ncc([C@@H]4C=CCO4)cn3)c2)OC1(C)C. The minimum Gasteiger partial charge on any atom is -0.399 e. The van der Waals surface area contributed by atoms with E-state index in [4.69, 9.17) is 14.0 Å². The first kappa shape index (κ1) is 17.4. The van der Waals surface area contributed by atoms with Crippen molar-refractivity contribution in [3.8, 4) is 11.4 Å². The summed E-state index contributed by atoms with van der Waals surface area (Å²) in [5, 5.41) is 0. The van der Waals surface area contributed by atoms with Gasteiger partial charge < -0.3 is 14.0 Å². The van der Waals surface area contributed by atoms with Gasteiger partial charge in [0.05, 0.1) is 17.8 Å². The van der Waals surface area contributed by atoms with E-state index in [-0.39, 0.29) is 17.3 Å². The molecule has 4 rings (SSSR count). The van der Waals surface area contributed by atoms with E-state index in [2.05, 4.69) is 37.7 Å². The number of benzene rings is 1. The first-order chi connectivity index (χ1) is 12.4. The Bertz CT molecular complexity index is 817. The van der Waals surface area contributed by atoms with Gasteiger partial charge in [0.25, 0.3) is 0 Å². The van der Waals surface area contributed by atoms with Crippen LogP contribution in [0.5, 0.6) is 0 Å². The molecule has 0 unspecified atom stereocenters. The van der Waals surface area contributed by atoms with Crippen LogP contribution >= 0.6 is 0 Å². The topological polar surface area (TPSA) is 53.5 Å². The summed E-state index contributed by atoms with van der Waals surface area (Å²) in [5.74, 6) is 0.675. The van der Waals surface area contributed by atoms with Crippen molar-refractivity contribution >= 4 is 12.6 Å². The van der Waals surface area contributed by atoms with Crippen molar-refractivity contribution in [2.75, 3.05) is 6.61 Å². The molecule has 3 heterocycles. The zero-order valence-electron chi connectivity index (χ0n) is 15.6. The van der Waals surface area contributed by atoms with Gasteiger partial charge in [-0.1, -0.05) is 36.4 Å². The van der Waals surface area contributed by atoms with E-state index >= 15 is 0 Å². The predicted molar refractivity (Wildman–Crippen MR) is 101 cm³/mol. The van der Waals surface area contributed by atoms with Crippen LogP contribution in [0.3, 0.4) is 0 Å². The van der Waals surface area contributed by atoms with Crippen molar-refractivity contribution in [3.63, 3.8) is 0 Å². The number of hydrogen-bond donors (Lipinski definition) is 0. The fourth-order valence-corrected chi connectivity index (χ4v) is 3.04. The van der Waals surface area contributed by atoms with Crippen LogP contribution in [0, 0.1) is 0 Å². The van der Waals surface area contributed by atoms with Crippen molar-refractivity contribution in [3.05, 3.63) is 54.4 Å². The van der Waals surface area contributed by atoms with Crippen LogP contribution in [0.4, 0.5) is 0 Å². The van der Waals surface area contributed by atoms with Crippen LogP contribution in [0.25, 0.3) is 11.4 Å². The average molecular weight is 350 g/mol. The molecule has 2 aliphatic heterocycles. The van der Waals surface area contributed by atoms with E-state index in [1.807, 2.05) is 48.8 Å². The summed E-state index contributed by atoms with van der Waals surface area (Å²) in [7, 11) is -0.392. The van der Waals surface area contributed by atoms with Crippen molar-refractivity contribution in [2.45, 2.75) is 45.0 Å². The van der Waals surface area contributed by atoms with Gasteiger partial charge in [-0.15, -0.1) is 0 Å². The molecule has 5 nitrogen and oxygen atoms in total. The average Bonchev–Trinajstić information content (AvgIpc) is 3.22. The Labute approximate surface area is 154 Å². The number of ether oxygens (including phenoxy) is 1. The molecule has 0 amide bonds. The van der Waals surface area contributed by atoms with Crippen LogP contribution < -0.4 is 5.46 Å². The fourth-order valence-electron chi connectivity index (χ4n) is 3.04. The van der Waals surface area contributed by atoms with Crippen LogP contribution in [0.1, 0.15) is 39.4 Å². The number of nitrogens with zero attached hydrogens (tertiary/aromatic N) is 2. The molecule has 2 aliphatic rings. The highest BCUT2D eigenvalue weighted by Crippen LogP contribution is 2.36. The highest BCUT2D eigenvalue weighted by atomic mass is 16.7. The Morgan fingerprint density at radius 2 is 1.73 bits per heavy atom. The Morgan fingerprint density at radius 1 is 1.04 bits per heavy atom. The second-order valence-electron chi connectivity index (χ2n) is 7.74. The standard InChI is InChI=1S/C20H23BN2O3/c1-19(2)20(3,4)26-21(25-19)16-8-5-7-14(11-16)18-22-12-15(13-23-18)17-9-6-10-24-17/h5-9,11-13,17H,10H2,1-4H3/t17-/m0/s1. The lowest BCUT2D eigenvalue weighted by molar-refractivity contribution is 0.00578. The molecule has 0 N–H and O–H groups in total. The second kappa shape index (κ2) is 6.30. The quantitative estimate of drug-likeness (QED) is 0.629. The summed E-state index contributed by atoms with van der Waals surface area (Å²) in [6, 6.07) is 8.02. The van der Waals surface area contributed by atoms with Gasteiger partial charge in [0.1, 0.15) is 6.10 Å². The van der Waals surface area contributed by atoms with Gasteiger partial charge in [0.2, 0.25) is 0 Å². The third-order valence-corrected chi connectivity index (χ3v) is 5.35. The lowest BCUT2D eigenvalue weighted by atomic mass is 9.78. The molecule has 1 aromatic carbocycles. The number of aromatic nitrogens is 2. The summed E-state index contributed by atoms with van der Waals surface area (Å²) in [6.07, 6.45) is 7.64. The Balaban J connectivity index is 1.57. The largest absolute Gasteiger partial charge is 0.494 e. The minimum absolute atomic E-state index is 0.0415. The number of rotatable bonds is 3. The van der Waals surface area contributed by atoms with Gasteiger partial charge in [0.15, 0.2) is 5.82 Å². The Kier molecular flexibility index (Phi) is 4.22. The molecule has 1 saturated heterocycles. The van der Waals surface area contributed by atoms with E-state index in [0.29, 0.717) is 12.4 Å². The van der Waals surface area contributed by atoms with E-state index < -0.39 is 7.12 Å². The predicted octanol–water partition coefficient (Wildman–Crippen LogP) is 3.07. The van der Waals surface area contributed by atoms with E-state index in [0.717, 1.165) is 16.6 Å². The van der Waals surface area contributed by atoms with Crippen LogP contribution in [-0.2, 0) is 14.0 Å². The van der Waals surface area contributed by atoms with Crippen molar-refractivity contribution in [1.29, 1.82) is 0 Å². The van der Waals surface area contributed by atoms with Crippen molar-refractivity contribution in [1.82, 2.24) is 9.97 Å². The molecule has 1 aromatic heterocycles. The van der Waals surface area contributed by atoms with Crippen molar-refractivity contribution in [2.24, 2.45) is 0 Å². The molecule has 0 saturated carbocycles. The van der Waals surface area contributed by atoms with Gasteiger partial charge in [-0.3, -0.25) is 0 Å².